The molecule has 0 amide bonds. The minimum atomic E-state index is -0.306. The lowest BCUT2D eigenvalue weighted by Crippen LogP contribution is -2.18. The van der Waals surface area contributed by atoms with E-state index in [1.165, 1.54) is 0 Å². The van der Waals surface area contributed by atoms with Crippen LogP contribution in [0.25, 0.3) is 0 Å². The first kappa shape index (κ1) is 11.9. The van der Waals surface area contributed by atoms with E-state index in [-0.39, 0.29) is 5.79 Å². The van der Waals surface area contributed by atoms with Crippen molar-refractivity contribution in [2.24, 2.45) is 0 Å². The van der Waals surface area contributed by atoms with Gasteiger partial charge >= 0.3 is 0 Å². The van der Waals surface area contributed by atoms with E-state index in [4.69, 9.17) is 9.47 Å². The number of hydrogen-bond acceptors (Lipinski definition) is 3. The van der Waals surface area contributed by atoms with Crippen LogP contribution in [0.1, 0.15) is 20.8 Å². The second kappa shape index (κ2) is 5.51. The number of rotatable bonds is 1. The first-order valence-electron chi connectivity index (χ1n) is 4.40. The van der Waals surface area contributed by atoms with Gasteiger partial charge in [-0.05, 0) is 34.5 Å². The highest BCUT2D eigenvalue weighted by Gasteiger charge is 2.23. The molecule has 3 heteroatoms. The van der Waals surface area contributed by atoms with Crippen molar-refractivity contribution in [1.82, 2.24) is 4.90 Å². The molecule has 0 aromatic carbocycles. The highest BCUT2D eigenvalue weighted by molar-refractivity contribution is 4.58. The quantitative estimate of drug-likeness (QED) is 0.600. The molecule has 0 aliphatic carbocycles. The Balaban J connectivity index is 0.000000217. The number of ether oxygens (including phenoxy) is 2. The molecule has 1 fully saturated rings. The normalized spacial score (nSPS) is 20.5. The van der Waals surface area contributed by atoms with Crippen molar-refractivity contribution in [3.8, 4) is 0 Å². The third-order valence-electron chi connectivity index (χ3n) is 1.62. The zero-order chi connectivity index (χ0) is 9.61. The van der Waals surface area contributed by atoms with Crippen molar-refractivity contribution in [1.29, 1.82) is 0 Å². The summed E-state index contributed by atoms with van der Waals surface area (Å²) in [4.78, 5) is 2.12. The van der Waals surface area contributed by atoms with Crippen molar-refractivity contribution in [2.75, 3.05) is 33.9 Å². The van der Waals surface area contributed by atoms with Crippen LogP contribution in [-0.4, -0.2) is 44.5 Å². The van der Waals surface area contributed by atoms with Crippen molar-refractivity contribution < 1.29 is 9.47 Å². The molecule has 0 atom stereocenters. The van der Waals surface area contributed by atoms with E-state index in [1.54, 1.807) is 0 Å². The van der Waals surface area contributed by atoms with Crippen molar-refractivity contribution in [3.63, 3.8) is 0 Å². The third-order valence-corrected chi connectivity index (χ3v) is 1.62. The Hall–Kier alpha value is -0.120. The van der Waals surface area contributed by atoms with Crippen LogP contribution in [0.3, 0.4) is 0 Å². The van der Waals surface area contributed by atoms with Gasteiger partial charge in [-0.3, -0.25) is 0 Å². The summed E-state index contributed by atoms with van der Waals surface area (Å²) in [6.45, 7) is 8.58. The monoisotopic (exact) mass is 175 g/mol. The molecule has 0 radical (unpaired) electrons. The first-order chi connectivity index (χ1) is 5.48. The molecule has 1 heterocycles. The summed E-state index contributed by atoms with van der Waals surface area (Å²) in [5, 5.41) is 0. The molecule has 12 heavy (non-hydrogen) atoms. The lowest BCUT2D eigenvalue weighted by atomic mass is 10.4. The van der Waals surface area contributed by atoms with Gasteiger partial charge in [0.15, 0.2) is 5.79 Å². The molecule has 74 valence electrons. The topological polar surface area (TPSA) is 21.7 Å². The van der Waals surface area contributed by atoms with Crippen LogP contribution in [0.5, 0.6) is 0 Å². The summed E-state index contributed by atoms with van der Waals surface area (Å²) < 4.78 is 10.2. The molecular weight excluding hydrogens is 154 g/mol. The van der Waals surface area contributed by atoms with Crippen molar-refractivity contribution in [3.05, 3.63) is 0 Å². The standard InChI is InChI=1S/C5H10O2.C4H11N/c1-5(2)6-3-4-7-5;1-4-5(2)3/h3-4H2,1-2H3;4H2,1-3H3. The zero-order valence-corrected chi connectivity index (χ0v) is 8.89. The largest absolute Gasteiger partial charge is 0.348 e. The smallest absolute Gasteiger partial charge is 0.162 e. The molecule has 3 nitrogen and oxygen atoms in total. The van der Waals surface area contributed by atoms with Crippen LogP contribution >= 0.6 is 0 Å². The minimum Gasteiger partial charge on any atom is -0.348 e. The molecule has 0 aromatic rings. The van der Waals surface area contributed by atoms with Gasteiger partial charge in [-0.1, -0.05) is 6.92 Å². The van der Waals surface area contributed by atoms with Gasteiger partial charge in [0.05, 0.1) is 13.2 Å². The van der Waals surface area contributed by atoms with Gasteiger partial charge < -0.3 is 14.4 Å². The van der Waals surface area contributed by atoms with E-state index in [1.807, 2.05) is 13.8 Å². The summed E-state index contributed by atoms with van der Waals surface area (Å²) in [6.07, 6.45) is 0. The van der Waals surface area contributed by atoms with E-state index in [2.05, 4.69) is 25.9 Å². The molecular formula is C9H21NO2. The van der Waals surface area contributed by atoms with Gasteiger partial charge in [-0.15, -0.1) is 0 Å². The summed E-state index contributed by atoms with van der Waals surface area (Å²) in [5.41, 5.74) is 0. The Morgan fingerprint density at radius 1 is 1.17 bits per heavy atom. The summed E-state index contributed by atoms with van der Waals surface area (Å²) >= 11 is 0. The lowest BCUT2D eigenvalue weighted by Gasteiger charge is -2.13. The Labute approximate surface area is 75.6 Å². The fraction of sp³-hybridized carbons (Fsp3) is 1.00. The van der Waals surface area contributed by atoms with Gasteiger partial charge in [0, 0.05) is 0 Å². The molecule has 0 bridgehead atoms. The van der Waals surface area contributed by atoms with Gasteiger partial charge in [0.25, 0.3) is 0 Å². The molecule has 0 unspecified atom stereocenters. The Morgan fingerprint density at radius 3 is 1.58 bits per heavy atom. The third kappa shape index (κ3) is 6.58. The van der Waals surface area contributed by atoms with E-state index in [9.17, 15) is 0 Å². The van der Waals surface area contributed by atoms with Crippen LogP contribution < -0.4 is 0 Å². The average Bonchev–Trinajstić information content (AvgIpc) is 2.35. The van der Waals surface area contributed by atoms with Crippen LogP contribution in [0.2, 0.25) is 0 Å². The SMILES string of the molecule is CC1(C)OCCO1.CCN(C)C. The molecule has 0 aromatic heterocycles. The van der Waals surface area contributed by atoms with E-state index in [0.29, 0.717) is 0 Å². The van der Waals surface area contributed by atoms with E-state index >= 15 is 0 Å². The number of nitrogens with zero attached hydrogens (tertiary/aromatic N) is 1. The second-order valence-electron chi connectivity index (χ2n) is 3.49. The molecule has 0 N–H and O–H groups in total. The van der Waals surface area contributed by atoms with Crippen LogP contribution in [0.15, 0.2) is 0 Å². The molecule has 0 spiro atoms. The second-order valence-corrected chi connectivity index (χ2v) is 3.49. The predicted octanol–water partition coefficient (Wildman–Crippen LogP) is 1.34. The highest BCUT2D eigenvalue weighted by Crippen LogP contribution is 2.15. The van der Waals surface area contributed by atoms with Crippen molar-refractivity contribution >= 4 is 0 Å². The maximum atomic E-state index is 5.12. The lowest BCUT2D eigenvalue weighted by molar-refractivity contribution is -0.125. The molecule has 0 saturated carbocycles. The van der Waals surface area contributed by atoms with Crippen LogP contribution in [-0.2, 0) is 9.47 Å². The molecule has 1 aliphatic rings. The minimum absolute atomic E-state index is 0.306. The predicted molar refractivity (Wildman–Crippen MR) is 50.2 cm³/mol. The van der Waals surface area contributed by atoms with Gasteiger partial charge in [-0.2, -0.15) is 0 Å². The zero-order valence-electron chi connectivity index (χ0n) is 8.89. The first-order valence-corrected chi connectivity index (χ1v) is 4.40. The summed E-state index contributed by atoms with van der Waals surface area (Å²) in [6, 6.07) is 0. The van der Waals surface area contributed by atoms with Crippen LogP contribution in [0.4, 0.5) is 0 Å². The van der Waals surface area contributed by atoms with E-state index in [0.717, 1.165) is 19.8 Å². The molecule has 1 saturated heterocycles. The number of hydrogen-bond donors (Lipinski definition) is 0. The Morgan fingerprint density at radius 2 is 1.50 bits per heavy atom. The maximum Gasteiger partial charge on any atom is 0.162 e. The molecule has 1 aliphatic heterocycles. The molecule has 1 rings (SSSR count). The van der Waals surface area contributed by atoms with E-state index < -0.39 is 0 Å². The average molecular weight is 175 g/mol. The van der Waals surface area contributed by atoms with Crippen LogP contribution in [0, 0.1) is 0 Å². The Bertz CT molecular complexity index is 105. The highest BCUT2D eigenvalue weighted by atomic mass is 16.7. The Kier molecular flexibility index (Phi) is 5.46. The van der Waals surface area contributed by atoms with Crippen molar-refractivity contribution in [2.45, 2.75) is 26.6 Å². The van der Waals surface area contributed by atoms with Gasteiger partial charge in [0.1, 0.15) is 0 Å². The fourth-order valence-electron chi connectivity index (χ4n) is 0.617. The summed E-state index contributed by atoms with van der Waals surface area (Å²) in [5.74, 6) is -0.306. The maximum absolute atomic E-state index is 5.12. The van der Waals surface area contributed by atoms with Gasteiger partial charge in [-0.25, -0.2) is 0 Å². The fourth-order valence-corrected chi connectivity index (χ4v) is 0.617. The van der Waals surface area contributed by atoms with Gasteiger partial charge in [0.2, 0.25) is 0 Å². The summed E-state index contributed by atoms with van der Waals surface area (Å²) in [7, 11) is 4.11.